The van der Waals surface area contributed by atoms with Crippen molar-refractivity contribution in [2.45, 2.75) is 46.3 Å². The Morgan fingerprint density at radius 3 is 2.21 bits per heavy atom. The number of carbonyl (C=O) groups excluding carboxylic acids is 3. The molecular formula is C25H30N4O4. The van der Waals surface area contributed by atoms with E-state index < -0.39 is 12.0 Å². The molecule has 0 saturated heterocycles. The van der Waals surface area contributed by atoms with E-state index in [1.165, 1.54) is 0 Å². The normalized spacial score (nSPS) is 15.8. The van der Waals surface area contributed by atoms with Crippen molar-refractivity contribution in [1.29, 1.82) is 0 Å². The van der Waals surface area contributed by atoms with Gasteiger partial charge in [-0.25, -0.2) is 14.4 Å². The van der Waals surface area contributed by atoms with E-state index in [1.807, 2.05) is 25.1 Å². The maximum absolute atomic E-state index is 12.9. The molecule has 3 N–H and O–H groups in total. The molecule has 8 nitrogen and oxygen atoms in total. The molecular weight excluding hydrogens is 420 g/mol. The molecule has 0 saturated carbocycles. The molecule has 1 heterocycles. The van der Waals surface area contributed by atoms with Crippen LogP contribution >= 0.6 is 0 Å². The van der Waals surface area contributed by atoms with E-state index in [1.54, 1.807) is 62.1 Å². The lowest BCUT2D eigenvalue weighted by molar-refractivity contribution is -0.143. The fraction of sp³-hybridized carbons (Fsp3) is 0.320. The zero-order valence-corrected chi connectivity index (χ0v) is 19.3. The minimum atomic E-state index is -0.649. The number of benzene rings is 2. The number of ether oxygens (including phenoxy) is 1. The van der Waals surface area contributed by atoms with Crippen molar-refractivity contribution >= 4 is 29.4 Å². The molecule has 2 aromatic carbocycles. The quantitative estimate of drug-likeness (QED) is 0.515. The van der Waals surface area contributed by atoms with Gasteiger partial charge in [0.05, 0.1) is 17.7 Å². The third-order valence-corrected chi connectivity index (χ3v) is 5.14. The molecule has 1 unspecified atom stereocenters. The van der Waals surface area contributed by atoms with Gasteiger partial charge in [-0.05, 0) is 57.0 Å². The van der Waals surface area contributed by atoms with Crippen molar-refractivity contribution in [3.05, 3.63) is 71.4 Å². The van der Waals surface area contributed by atoms with E-state index in [4.69, 9.17) is 4.74 Å². The summed E-state index contributed by atoms with van der Waals surface area (Å²) in [6, 6.07) is 14.9. The topological polar surface area (TPSA) is 99.8 Å². The van der Waals surface area contributed by atoms with Crippen LogP contribution in [0.3, 0.4) is 0 Å². The number of hydrogen-bond acceptors (Lipinski definition) is 4. The molecule has 0 bridgehead atoms. The molecule has 0 fully saturated rings. The fourth-order valence-electron chi connectivity index (χ4n) is 3.64. The van der Waals surface area contributed by atoms with Gasteiger partial charge in [0.1, 0.15) is 0 Å². The van der Waals surface area contributed by atoms with Crippen LogP contribution < -0.4 is 16.0 Å². The number of nitrogens with one attached hydrogen (secondary N) is 3. The van der Waals surface area contributed by atoms with Gasteiger partial charge in [-0.15, -0.1) is 0 Å². The molecule has 174 valence electrons. The van der Waals surface area contributed by atoms with Crippen LogP contribution in [-0.4, -0.2) is 35.6 Å². The second kappa shape index (κ2) is 10.7. The van der Waals surface area contributed by atoms with Crippen LogP contribution in [0.15, 0.2) is 65.9 Å². The first-order valence-corrected chi connectivity index (χ1v) is 11.0. The van der Waals surface area contributed by atoms with E-state index in [9.17, 15) is 14.4 Å². The maximum Gasteiger partial charge on any atom is 0.338 e. The highest BCUT2D eigenvalue weighted by Crippen LogP contribution is 2.32. The lowest BCUT2D eigenvalue weighted by atomic mass is 9.94. The average molecular weight is 451 g/mol. The Labute approximate surface area is 194 Å². The summed E-state index contributed by atoms with van der Waals surface area (Å²) in [5.74, 6) is -0.460. The standard InChI is InChI=1S/C25H30N4O4/c1-5-15-29-17(4)21(23(30)33-16(2)3)22(28-25(29)32)18-11-13-20(14-12-18)27-24(31)26-19-9-7-6-8-10-19/h6-14,16,22H,5,15H2,1-4H3,(H,28,32)(H2,26,27,31). The van der Waals surface area contributed by atoms with Crippen molar-refractivity contribution in [3.8, 4) is 0 Å². The van der Waals surface area contributed by atoms with Crippen molar-refractivity contribution < 1.29 is 19.1 Å². The van der Waals surface area contributed by atoms with Gasteiger partial charge in [-0.2, -0.15) is 0 Å². The number of rotatable bonds is 7. The minimum Gasteiger partial charge on any atom is -0.459 e. The highest BCUT2D eigenvalue weighted by molar-refractivity contribution is 5.99. The zero-order valence-electron chi connectivity index (χ0n) is 19.3. The molecule has 8 heteroatoms. The van der Waals surface area contributed by atoms with Gasteiger partial charge < -0.3 is 20.7 Å². The minimum absolute atomic E-state index is 0.259. The van der Waals surface area contributed by atoms with Gasteiger partial charge in [0.2, 0.25) is 0 Å². The Morgan fingerprint density at radius 2 is 1.64 bits per heavy atom. The molecule has 0 spiro atoms. The predicted octanol–water partition coefficient (Wildman–Crippen LogP) is 5.03. The van der Waals surface area contributed by atoms with Gasteiger partial charge in [-0.3, -0.25) is 4.90 Å². The molecule has 0 aliphatic carbocycles. The van der Waals surface area contributed by atoms with Crippen molar-refractivity contribution in [3.63, 3.8) is 0 Å². The van der Waals surface area contributed by atoms with E-state index in [2.05, 4.69) is 16.0 Å². The number of hydrogen-bond donors (Lipinski definition) is 3. The van der Waals surface area contributed by atoms with Crippen LogP contribution in [-0.2, 0) is 9.53 Å². The first-order valence-electron chi connectivity index (χ1n) is 11.0. The molecule has 1 aliphatic heterocycles. The predicted molar refractivity (Wildman–Crippen MR) is 128 cm³/mol. The second-order valence-corrected chi connectivity index (χ2v) is 8.05. The van der Waals surface area contributed by atoms with E-state index in [-0.39, 0.29) is 18.2 Å². The van der Waals surface area contributed by atoms with E-state index in [0.717, 1.165) is 6.42 Å². The van der Waals surface area contributed by atoms with E-state index in [0.29, 0.717) is 34.8 Å². The monoisotopic (exact) mass is 450 g/mol. The molecule has 1 aliphatic rings. The van der Waals surface area contributed by atoms with Gasteiger partial charge >= 0.3 is 18.0 Å². The van der Waals surface area contributed by atoms with Crippen LogP contribution in [0.2, 0.25) is 0 Å². The summed E-state index contributed by atoms with van der Waals surface area (Å²) in [6.07, 6.45) is 0.471. The molecule has 4 amide bonds. The number of carbonyl (C=O) groups is 3. The summed E-state index contributed by atoms with van der Waals surface area (Å²) in [4.78, 5) is 39.4. The summed E-state index contributed by atoms with van der Waals surface area (Å²) in [5.41, 5.74) is 2.96. The summed E-state index contributed by atoms with van der Waals surface area (Å²) in [5, 5.41) is 8.45. The zero-order chi connectivity index (χ0) is 24.0. The van der Waals surface area contributed by atoms with Gasteiger partial charge in [-0.1, -0.05) is 37.3 Å². The SMILES string of the molecule is CCCN1C(=O)NC(c2ccc(NC(=O)Nc3ccccc3)cc2)C(C(=O)OC(C)C)=C1C. The van der Waals surface area contributed by atoms with Gasteiger partial charge in [0.15, 0.2) is 0 Å². The molecule has 3 rings (SSSR count). The molecule has 33 heavy (non-hydrogen) atoms. The first-order chi connectivity index (χ1) is 15.8. The second-order valence-electron chi connectivity index (χ2n) is 8.05. The Morgan fingerprint density at radius 1 is 1.03 bits per heavy atom. The number of urea groups is 2. The number of esters is 1. The van der Waals surface area contributed by atoms with Crippen LogP contribution in [0.4, 0.5) is 21.0 Å². The largest absolute Gasteiger partial charge is 0.459 e. The number of nitrogens with zero attached hydrogens (tertiary/aromatic N) is 1. The Kier molecular flexibility index (Phi) is 7.71. The average Bonchev–Trinajstić information content (AvgIpc) is 2.77. The van der Waals surface area contributed by atoms with Gasteiger partial charge in [0, 0.05) is 23.6 Å². The first kappa shape index (κ1) is 23.8. The summed E-state index contributed by atoms with van der Waals surface area (Å²) >= 11 is 0. The summed E-state index contributed by atoms with van der Waals surface area (Å²) in [7, 11) is 0. The van der Waals surface area contributed by atoms with Crippen LogP contribution in [0.5, 0.6) is 0 Å². The molecule has 0 aromatic heterocycles. The Balaban J connectivity index is 1.81. The number of para-hydroxylation sites is 1. The Hall–Kier alpha value is -3.81. The van der Waals surface area contributed by atoms with E-state index >= 15 is 0 Å². The van der Waals surface area contributed by atoms with Crippen molar-refractivity contribution in [2.24, 2.45) is 0 Å². The van der Waals surface area contributed by atoms with Crippen LogP contribution in [0.25, 0.3) is 0 Å². The molecule has 1 atom stereocenters. The Bertz CT molecular complexity index is 1030. The van der Waals surface area contributed by atoms with Crippen molar-refractivity contribution in [2.75, 3.05) is 17.2 Å². The molecule has 2 aromatic rings. The lowest BCUT2D eigenvalue weighted by Crippen LogP contribution is -2.48. The fourth-order valence-corrected chi connectivity index (χ4v) is 3.64. The highest BCUT2D eigenvalue weighted by Gasteiger charge is 2.36. The third-order valence-electron chi connectivity index (χ3n) is 5.14. The summed E-state index contributed by atoms with van der Waals surface area (Å²) in [6.45, 7) is 7.81. The van der Waals surface area contributed by atoms with Crippen LogP contribution in [0.1, 0.15) is 45.7 Å². The number of amides is 4. The number of anilines is 2. The molecule has 0 radical (unpaired) electrons. The van der Waals surface area contributed by atoms with Gasteiger partial charge in [0.25, 0.3) is 0 Å². The smallest absolute Gasteiger partial charge is 0.338 e. The highest BCUT2D eigenvalue weighted by atomic mass is 16.5. The third kappa shape index (κ3) is 5.91. The van der Waals surface area contributed by atoms with Crippen LogP contribution in [0, 0.1) is 0 Å². The maximum atomic E-state index is 12.9. The summed E-state index contributed by atoms with van der Waals surface area (Å²) < 4.78 is 5.47. The van der Waals surface area contributed by atoms with Crippen molar-refractivity contribution in [1.82, 2.24) is 10.2 Å². The lowest BCUT2D eigenvalue weighted by Gasteiger charge is -2.35. The number of allylic oxidation sites excluding steroid dienone is 1.